The lowest BCUT2D eigenvalue weighted by Crippen LogP contribution is -2.50. The van der Waals surface area contributed by atoms with Crippen LogP contribution in [-0.2, 0) is 0 Å². The van der Waals surface area contributed by atoms with Crippen LogP contribution in [0.15, 0.2) is 66.7 Å². The molecule has 6 heteroatoms. The molecule has 1 aliphatic rings. The zero-order chi connectivity index (χ0) is 21.4. The molecule has 0 spiro atoms. The van der Waals surface area contributed by atoms with Crippen LogP contribution in [-0.4, -0.2) is 55.9 Å². The molecule has 5 rings (SSSR count). The van der Waals surface area contributed by atoms with Gasteiger partial charge in [-0.3, -0.25) is 4.57 Å². The van der Waals surface area contributed by atoms with E-state index in [1.807, 2.05) is 64.1 Å². The van der Waals surface area contributed by atoms with Gasteiger partial charge < -0.3 is 19.3 Å². The van der Waals surface area contributed by atoms with E-state index >= 15 is 0 Å². The topological polar surface area (TPSA) is 46.9 Å². The Bertz CT molecular complexity index is 1180. The predicted molar refractivity (Wildman–Crippen MR) is 130 cm³/mol. The maximum absolute atomic E-state index is 13.6. The quantitative estimate of drug-likeness (QED) is 0.445. The number of methoxy groups -OCH3 is 2. The summed E-state index contributed by atoms with van der Waals surface area (Å²) in [5, 5.41) is 2.21. The van der Waals surface area contributed by atoms with Gasteiger partial charge in [-0.15, -0.1) is 0 Å². The number of amides is 1. The number of rotatable bonds is 3. The van der Waals surface area contributed by atoms with Gasteiger partial charge in [0.2, 0.25) is 0 Å². The van der Waals surface area contributed by atoms with Crippen LogP contribution >= 0.6 is 0 Å². The molecule has 1 aliphatic heterocycles. The molecule has 0 bridgehead atoms. The molecule has 1 saturated heterocycles. The van der Waals surface area contributed by atoms with E-state index in [1.54, 1.807) is 14.2 Å². The van der Waals surface area contributed by atoms with E-state index in [2.05, 4.69) is 17.0 Å². The van der Waals surface area contributed by atoms with Crippen molar-refractivity contribution in [3.8, 4) is 11.5 Å². The van der Waals surface area contributed by atoms with Crippen molar-refractivity contribution < 1.29 is 14.3 Å². The van der Waals surface area contributed by atoms with E-state index in [0.717, 1.165) is 52.1 Å². The number of ether oxygens (including phenoxy) is 2. The van der Waals surface area contributed by atoms with Gasteiger partial charge >= 0.3 is 6.03 Å². The van der Waals surface area contributed by atoms with Crippen LogP contribution in [0.5, 0.6) is 11.5 Å². The lowest BCUT2D eigenvalue weighted by molar-refractivity contribution is 0.198. The van der Waals surface area contributed by atoms with Crippen molar-refractivity contribution in [1.82, 2.24) is 9.47 Å². The largest absolute Gasteiger partial charge is 0.497 e. The highest BCUT2D eigenvalue weighted by Gasteiger charge is 2.25. The van der Waals surface area contributed by atoms with Crippen LogP contribution in [0.3, 0.4) is 0 Å². The highest BCUT2D eigenvalue weighted by molar-refractivity contribution is 6.13. The Morgan fingerprint density at radius 3 is 1.75 bits per heavy atom. The average molecular weight is 432 g/mol. The molecule has 6 nitrogen and oxygen atoms in total. The molecule has 0 aliphatic carbocycles. The van der Waals surface area contributed by atoms with Gasteiger partial charge in [-0.05, 0) is 12.1 Å². The number of benzene rings is 3. The van der Waals surface area contributed by atoms with Gasteiger partial charge in [0.15, 0.2) is 0 Å². The first-order valence-electron chi connectivity index (χ1n) is 10.4. The number of carbonyl (C=O) groups excluding carboxylic acids is 1. The third-order valence-corrected chi connectivity index (χ3v) is 6.02. The van der Waals surface area contributed by atoms with Crippen molar-refractivity contribution in [3.05, 3.63) is 66.7 Å². The molecule has 0 saturated carbocycles. The number of piperazine rings is 1. The van der Waals surface area contributed by atoms with Crippen molar-refractivity contribution in [1.29, 1.82) is 0 Å². The molecule has 0 N–H and O–H groups in total. The average Bonchev–Trinajstić information content (AvgIpc) is 3.18. The SMILES string of the molecule is C.COc1cc(OC)cc(N2CCN(C(=O)n3c4ccccc4c4ccccc43)CC2)c1. The Morgan fingerprint density at radius 2 is 1.25 bits per heavy atom. The van der Waals surface area contributed by atoms with Crippen molar-refractivity contribution in [2.24, 2.45) is 0 Å². The summed E-state index contributed by atoms with van der Waals surface area (Å²) in [5.41, 5.74) is 2.95. The number of fused-ring (bicyclic) bond motifs is 3. The van der Waals surface area contributed by atoms with Crippen molar-refractivity contribution in [3.63, 3.8) is 0 Å². The van der Waals surface area contributed by atoms with Gasteiger partial charge in [-0.25, -0.2) is 4.79 Å². The zero-order valence-electron chi connectivity index (χ0n) is 17.7. The molecule has 1 fully saturated rings. The molecule has 1 amide bonds. The minimum Gasteiger partial charge on any atom is -0.497 e. The highest BCUT2D eigenvalue weighted by Crippen LogP contribution is 2.31. The molecule has 1 aromatic heterocycles. The van der Waals surface area contributed by atoms with Gasteiger partial charge in [0.1, 0.15) is 11.5 Å². The molecular formula is C26H29N3O3. The van der Waals surface area contributed by atoms with Gasteiger partial charge in [0.25, 0.3) is 0 Å². The maximum Gasteiger partial charge on any atom is 0.329 e. The van der Waals surface area contributed by atoms with Crippen molar-refractivity contribution in [2.45, 2.75) is 7.43 Å². The maximum atomic E-state index is 13.6. The molecule has 4 aromatic rings. The molecule has 0 radical (unpaired) electrons. The number of para-hydroxylation sites is 2. The van der Waals surface area contributed by atoms with E-state index in [0.29, 0.717) is 13.1 Å². The first kappa shape index (κ1) is 21.6. The van der Waals surface area contributed by atoms with Crippen LogP contribution in [0.2, 0.25) is 0 Å². The summed E-state index contributed by atoms with van der Waals surface area (Å²) >= 11 is 0. The highest BCUT2D eigenvalue weighted by atomic mass is 16.5. The molecule has 0 unspecified atom stereocenters. The minimum atomic E-state index is 0. The minimum absolute atomic E-state index is 0. The lowest BCUT2D eigenvalue weighted by Gasteiger charge is -2.36. The van der Waals surface area contributed by atoms with E-state index in [4.69, 9.17) is 9.47 Å². The monoisotopic (exact) mass is 431 g/mol. The Hall–Kier alpha value is -3.67. The van der Waals surface area contributed by atoms with Gasteiger partial charge in [-0.2, -0.15) is 0 Å². The fourth-order valence-electron chi connectivity index (χ4n) is 4.40. The van der Waals surface area contributed by atoms with Crippen LogP contribution in [0.1, 0.15) is 7.43 Å². The lowest BCUT2D eigenvalue weighted by atomic mass is 10.2. The van der Waals surface area contributed by atoms with Gasteiger partial charge in [-0.1, -0.05) is 43.8 Å². The summed E-state index contributed by atoms with van der Waals surface area (Å²) in [5.74, 6) is 1.52. The van der Waals surface area contributed by atoms with E-state index < -0.39 is 0 Å². The summed E-state index contributed by atoms with van der Waals surface area (Å²) in [6, 6.07) is 22.1. The van der Waals surface area contributed by atoms with Gasteiger partial charge in [0, 0.05) is 60.8 Å². The third kappa shape index (κ3) is 3.62. The Morgan fingerprint density at radius 1 is 0.750 bits per heavy atom. The normalized spacial score (nSPS) is 13.8. The second-order valence-corrected chi connectivity index (χ2v) is 7.70. The number of hydrogen-bond acceptors (Lipinski definition) is 4. The molecule has 2 heterocycles. The molecule has 3 aromatic carbocycles. The first-order chi connectivity index (χ1) is 15.2. The number of anilines is 1. The van der Waals surface area contributed by atoms with Crippen LogP contribution in [0.4, 0.5) is 10.5 Å². The van der Waals surface area contributed by atoms with E-state index in [-0.39, 0.29) is 13.5 Å². The van der Waals surface area contributed by atoms with Crippen LogP contribution in [0.25, 0.3) is 21.8 Å². The summed E-state index contributed by atoms with van der Waals surface area (Å²) in [6.07, 6.45) is 0. The predicted octanol–water partition coefficient (Wildman–Crippen LogP) is 5.24. The first-order valence-corrected chi connectivity index (χ1v) is 10.4. The summed E-state index contributed by atoms with van der Waals surface area (Å²) in [6.45, 7) is 2.80. The summed E-state index contributed by atoms with van der Waals surface area (Å²) < 4.78 is 12.7. The second-order valence-electron chi connectivity index (χ2n) is 7.70. The zero-order valence-corrected chi connectivity index (χ0v) is 17.7. The number of aromatic nitrogens is 1. The fourth-order valence-corrected chi connectivity index (χ4v) is 4.40. The summed E-state index contributed by atoms with van der Waals surface area (Å²) in [4.78, 5) is 17.8. The number of hydrogen-bond donors (Lipinski definition) is 0. The van der Waals surface area contributed by atoms with Crippen molar-refractivity contribution >= 4 is 33.5 Å². The molecule has 0 atom stereocenters. The smallest absolute Gasteiger partial charge is 0.329 e. The third-order valence-electron chi connectivity index (χ3n) is 6.02. The Labute approximate surface area is 188 Å². The second kappa shape index (κ2) is 8.83. The number of nitrogens with zero attached hydrogens (tertiary/aromatic N) is 3. The molecule has 32 heavy (non-hydrogen) atoms. The van der Waals surface area contributed by atoms with Crippen LogP contribution in [0, 0.1) is 0 Å². The molecular weight excluding hydrogens is 402 g/mol. The Kier molecular flexibility index (Phi) is 5.95. The van der Waals surface area contributed by atoms with Crippen molar-refractivity contribution in [2.75, 3.05) is 45.3 Å². The standard InChI is InChI=1S/C25H25N3O3.CH4/c1-30-19-15-18(16-20(17-19)31-2)26-11-13-27(14-12-26)25(29)28-23-9-5-3-7-21(23)22-8-4-6-10-24(22)28;/h3-10,15-17H,11-14H2,1-2H3;1H4. The fraction of sp³-hybridized carbons (Fsp3) is 0.269. The van der Waals surface area contributed by atoms with E-state index in [1.165, 1.54) is 0 Å². The van der Waals surface area contributed by atoms with E-state index in [9.17, 15) is 4.79 Å². The van der Waals surface area contributed by atoms with Gasteiger partial charge in [0.05, 0.1) is 25.3 Å². The number of carbonyl (C=O) groups is 1. The van der Waals surface area contributed by atoms with Crippen LogP contribution < -0.4 is 14.4 Å². The molecule has 166 valence electrons. The Balaban J connectivity index is 0.00000245. The summed E-state index contributed by atoms with van der Waals surface area (Å²) in [7, 11) is 3.31.